The second-order valence-electron chi connectivity index (χ2n) is 4.95. The topological polar surface area (TPSA) is 0 Å². The molecule has 0 amide bonds. The highest BCUT2D eigenvalue weighted by Gasteiger charge is 2.20. The SMILES string of the molecule is Cc1s[s+]c2c1CCCCCCCCCC2. The predicted molar refractivity (Wildman–Crippen MR) is 75.7 cm³/mol. The molecule has 1 aromatic rings. The van der Waals surface area contributed by atoms with E-state index in [9.17, 15) is 0 Å². The van der Waals surface area contributed by atoms with E-state index in [0.717, 1.165) is 0 Å². The van der Waals surface area contributed by atoms with E-state index in [1.54, 1.807) is 15.3 Å². The Kier molecular flexibility index (Phi) is 5.24. The monoisotopic (exact) mass is 255 g/mol. The number of fused-ring (bicyclic) bond motifs is 1. The predicted octanol–water partition coefficient (Wildman–Crippen LogP) is 5.62. The van der Waals surface area contributed by atoms with Gasteiger partial charge in [-0.05, 0) is 26.2 Å². The molecule has 0 N–H and O–H groups in total. The Labute approximate surface area is 107 Å². The van der Waals surface area contributed by atoms with Gasteiger partial charge in [0, 0.05) is 12.0 Å². The van der Waals surface area contributed by atoms with Gasteiger partial charge in [0.15, 0.2) is 10.3 Å². The van der Waals surface area contributed by atoms with E-state index in [1.165, 1.54) is 64.2 Å². The van der Waals surface area contributed by atoms with E-state index in [2.05, 4.69) is 6.92 Å². The van der Waals surface area contributed by atoms with Gasteiger partial charge in [0.2, 0.25) is 4.88 Å². The van der Waals surface area contributed by atoms with Crippen molar-refractivity contribution in [1.29, 1.82) is 0 Å². The Morgan fingerprint density at radius 1 is 0.812 bits per heavy atom. The highest BCUT2D eigenvalue weighted by molar-refractivity contribution is 7.69. The van der Waals surface area contributed by atoms with Crippen molar-refractivity contribution >= 4 is 20.7 Å². The van der Waals surface area contributed by atoms with Gasteiger partial charge < -0.3 is 0 Å². The molecule has 2 rings (SSSR count). The van der Waals surface area contributed by atoms with E-state index in [4.69, 9.17) is 0 Å². The van der Waals surface area contributed by atoms with Crippen LogP contribution in [0.3, 0.4) is 0 Å². The number of hydrogen-bond acceptors (Lipinski definition) is 1. The van der Waals surface area contributed by atoms with Gasteiger partial charge in [-0.3, -0.25) is 0 Å². The fourth-order valence-electron chi connectivity index (χ4n) is 2.57. The van der Waals surface area contributed by atoms with Gasteiger partial charge in [-0.25, -0.2) is 0 Å². The molecule has 1 aromatic heterocycles. The van der Waals surface area contributed by atoms with Crippen LogP contribution in [0.15, 0.2) is 0 Å². The average molecular weight is 255 g/mol. The molecule has 0 aromatic carbocycles. The minimum Gasteiger partial charge on any atom is -0.0533 e. The molecule has 1 aliphatic carbocycles. The van der Waals surface area contributed by atoms with Gasteiger partial charge in [0.05, 0.1) is 4.88 Å². The van der Waals surface area contributed by atoms with Crippen LogP contribution >= 0.6 is 20.7 Å². The third-order valence-corrected chi connectivity index (χ3v) is 6.44. The van der Waals surface area contributed by atoms with Gasteiger partial charge >= 0.3 is 0 Å². The summed E-state index contributed by atoms with van der Waals surface area (Å²) < 4.78 is 0. The molecule has 0 fully saturated rings. The van der Waals surface area contributed by atoms with Crippen molar-refractivity contribution in [3.05, 3.63) is 15.3 Å². The van der Waals surface area contributed by atoms with Crippen LogP contribution in [0.4, 0.5) is 0 Å². The highest BCUT2D eigenvalue weighted by atomic mass is 32.9. The van der Waals surface area contributed by atoms with Gasteiger partial charge in [0.25, 0.3) is 10.3 Å². The zero-order valence-corrected chi connectivity index (χ0v) is 12.0. The maximum Gasteiger partial charge on any atom is 0.295 e. The van der Waals surface area contributed by atoms with Gasteiger partial charge in [0.1, 0.15) is 0 Å². The molecule has 1 heterocycles. The maximum absolute atomic E-state index is 2.31. The van der Waals surface area contributed by atoms with E-state index >= 15 is 0 Å². The quantitative estimate of drug-likeness (QED) is 0.417. The first-order valence-corrected chi connectivity index (χ1v) is 8.93. The number of rotatable bonds is 0. The standard InChI is InChI=1S/C14H23S2/c1-12-13-10-8-6-4-2-3-5-7-9-11-14(13)16-15-12/h2-11H2,1H3/q+1. The van der Waals surface area contributed by atoms with Crippen LogP contribution in [0.2, 0.25) is 0 Å². The van der Waals surface area contributed by atoms with Gasteiger partial charge in [-0.15, -0.1) is 0 Å². The summed E-state index contributed by atoms with van der Waals surface area (Å²) in [5, 5.41) is 0. The Hall–Kier alpha value is 0.0500. The Balaban J connectivity index is 2.00. The zero-order chi connectivity index (χ0) is 11.2. The van der Waals surface area contributed by atoms with Crippen LogP contribution in [0, 0.1) is 6.92 Å². The molecule has 0 atom stereocenters. The third-order valence-electron chi connectivity index (χ3n) is 3.61. The summed E-state index contributed by atoms with van der Waals surface area (Å²) in [5.74, 6) is 0. The molecule has 0 bridgehead atoms. The number of aryl methyl sites for hydroxylation is 2. The first-order valence-electron chi connectivity index (χ1n) is 6.78. The van der Waals surface area contributed by atoms with Gasteiger partial charge in [-0.2, -0.15) is 0 Å². The van der Waals surface area contributed by atoms with Crippen molar-refractivity contribution in [1.82, 2.24) is 0 Å². The molecule has 1 aliphatic rings. The largest absolute Gasteiger partial charge is 0.295 e. The normalized spacial score (nSPS) is 19.6. The lowest BCUT2D eigenvalue weighted by Crippen LogP contribution is -1.94. The second kappa shape index (κ2) is 6.70. The molecule has 0 saturated heterocycles. The van der Waals surface area contributed by atoms with Crippen molar-refractivity contribution in [3.8, 4) is 0 Å². The molecular formula is C14H23S2+. The minimum atomic E-state index is 1.35. The summed E-state index contributed by atoms with van der Waals surface area (Å²) in [7, 11) is 4.05. The molecule has 2 heteroatoms. The highest BCUT2D eigenvalue weighted by Crippen LogP contribution is 2.31. The van der Waals surface area contributed by atoms with E-state index in [-0.39, 0.29) is 0 Å². The summed E-state index contributed by atoms with van der Waals surface area (Å²) in [6, 6.07) is 0. The molecule has 0 spiro atoms. The first kappa shape index (κ1) is 12.5. The lowest BCUT2D eigenvalue weighted by molar-refractivity contribution is 0.561. The molecule has 0 saturated carbocycles. The molecule has 0 radical (unpaired) electrons. The van der Waals surface area contributed by atoms with Crippen molar-refractivity contribution in [2.45, 2.75) is 71.1 Å². The Bertz CT molecular complexity index is 315. The van der Waals surface area contributed by atoms with Crippen LogP contribution in [0.5, 0.6) is 0 Å². The molecule has 0 unspecified atom stereocenters. The van der Waals surface area contributed by atoms with E-state index in [0.29, 0.717) is 0 Å². The minimum absolute atomic E-state index is 1.35. The zero-order valence-electron chi connectivity index (χ0n) is 10.4. The summed E-state index contributed by atoms with van der Waals surface area (Å²) in [6.07, 6.45) is 14.3. The van der Waals surface area contributed by atoms with E-state index < -0.39 is 0 Å². The van der Waals surface area contributed by atoms with Crippen LogP contribution < -0.4 is 0 Å². The molecule has 16 heavy (non-hydrogen) atoms. The molecule has 0 aliphatic heterocycles. The molecule has 90 valence electrons. The fourth-order valence-corrected chi connectivity index (χ4v) is 5.30. The fraction of sp³-hybridized carbons (Fsp3) is 0.786. The maximum atomic E-state index is 2.31. The van der Waals surface area contributed by atoms with Crippen LogP contribution in [0.25, 0.3) is 0 Å². The van der Waals surface area contributed by atoms with Crippen LogP contribution in [-0.4, -0.2) is 0 Å². The summed E-state index contributed by atoms with van der Waals surface area (Å²) in [4.78, 5) is 3.31. The third kappa shape index (κ3) is 3.53. The van der Waals surface area contributed by atoms with Crippen molar-refractivity contribution in [2.75, 3.05) is 0 Å². The van der Waals surface area contributed by atoms with Crippen molar-refractivity contribution in [2.24, 2.45) is 0 Å². The summed E-state index contributed by atoms with van der Waals surface area (Å²) in [5.41, 5.74) is 1.72. The first-order chi connectivity index (χ1) is 7.88. The summed E-state index contributed by atoms with van der Waals surface area (Å²) in [6.45, 7) is 2.31. The Morgan fingerprint density at radius 3 is 2.06 bits per heavy atom. The van der Waals surface area contributed by atoms with Crippen molar-refractivity contribution in [3.63, 3.8) is 0 Å². The lowest BCUT2D eigenvalue weighted by atomic mass is 10.00. The number of hydrogen-bond donors (Lipinski definition) is 0. The van der Waals surface area contributed by atoms with Crippen LogP contribution in [0.1, 0.15) is 66.7 Å². The molecule has 0 nitrogen and oxygen atoms in total. The van der Waals surface area contributed by atoms with Crippen molar-refractivity contribution < 1.29 is 0 Å². The Morgan fingerprint density at radius 2 is 1.38 bits per heavy atom. The van der Waals surface area contributed by atoms with Gasteiger partial charge in [-0.1, -0.05) is 38.5 Å². The lowest BCUT2D eigenvalue weighted by Gasteiger charge is -2.04. The second-order valence-corrected chi connectivity index (χ2v) is 7.39. The average Bonchev–Trinajstić information content (AvgIpc) is 2.60. The van der Waals surface area contributed by atoms with Crippen LogP contribution in [-0.2, 0) is 12.8 Å². The van der Waals surface area contributed by atoms with E-state index in [1.807, 2.05) is 20.7 Å². The smallest absolute Gasteiger partial charge is 0.0533 e. The summed E-state index contributed by atoms with van der Waals surface area (Å²) >= 11 is 0. The molecular weight excluding hydrogens is 232 g/mol.